The van der Waals surface area contributed by atoms with Gasteiger partial charge in [0.1, 0.15) is 12.4 Å². The number of benzene rings is 2. The molecule has 0 aliphatic rings. The molecule has 0 unspecified atom stereocenters. The molecular weight excluding hydrogens is 446 g/mol. The third-order valence-electron chi connectivity index (χ3n) is 3.07. The van der Waals surface area contributed by atoms with Gasteiger partial charge in [-0.05, 0) is 52.4 Å². The number of phenols is 1. The zero-order valence-electron chi connectivity index (χ0n) is 11.7. The molecule has 2 aromatic carbocycles. The van der Waals surface area contributed by atoms with Gasteiger partial charge < -0.3 is 14.8 Å². The standard InChI is InChI=1S/C15H11Br2N3O2S/c16-9-6-11(13(21)12(17)7-9)14-19-20(15(23)22-14)8-18-10-4-2-1-3-5-10/h1-7,18,21H,8H2. The zero-order chi connectivity index (χ0) is 16.4. The van der Waals surface area contributed by atoms with Gasteiger partial charge in [-0.2, -0.15) is 0 Å². The minimum Gasteiger partial charge on any atom is -0.506 e. The summed E-state index contributed by atoms with van der Waals surface area (Å²) in [6, 6.07) is 13.2. The number of phenolic OH excluding ortho intramolecular Hbond substituents is 1. The van der Waals surface area contributed by atoms with E-state index in [1.807, 2.05) is 30.3 Å². The van der Waals surface area contributed by atoms with E-state index >= 15 is 0 Å². The number of anilines is 1. The van der Waals surface area contributed by atoms with E-state index in [-0.39, 0.29) is 16.5 Å². The molecule has 8 heteroatoms. The predicted molar refractivity (Wildman–Crippen MR) is 97.9 cm³/mol. The molecule has 0 saturated carbocycles. The van der Waals surface area contributed by atoms with Crippen LogP contribution >= 0.6 is 44.1 Å². The van der Waals surface area contributed by atoms with Crippen molar-refractivity contribution in [2.24, 2.45) is 0 Å². The Labute approximate surface area is 154 Å². The van der Waals surface area contributed by atoms with Gasteiger partial charge in [-0.15, -0.1) is 5.10 Å². The van der Waals surface area contributed by atoms with E-state index in [4.69, 9.17) is 16.6 Å². The molecule has 5 nitrogen and oxygen atoms in total. The topological polar surface area (TPSA) is 63.2 Å². The van der Waals surface area contributed by atoms with E-state index < -0.39 is 0 Å². The summed E-state index contributed by atoms with van der Waals surface area (Å²) < 4.78 is 8.35. The van der Waals surface area contributed by atoms with Gasteiger partial charge in [0.2, 0.25) is 0 Å². The van der Waals surface area contributed by atoms with Crippen LogP contribution in [-0.2, 0) is 6.67 Å². The minimum absolute atomic E-state index is 0.0487. The van der Waals surface area contributed by atoms with Crippen LogP contribution in [0.3, 0.4) is 0 Å². The Morgan fingerprint density at radius 2 is 1.96 bits per heavy atom. The molecule has 3 aromatic rings. The van der Waals surface area contributed by atoms with Crippen molar-refractivity contribution in [3.63, 3.8) is 0 Å². The van der Waals surface area contributed by atoms with E-state index in [1.54, 1.807) is 12.1 Å². The lowest BCUT2D eigenvalue weighted by molar-refractivity contribution is 0.468. The molecule has 0 saturated heterocycles. The Kier molecular flexibility index (Phi) is 4.84. The summed E-state index contributed by atoms with van der Waals surface area (Å²) >= 11 is 11.8. The van der Waals surface area contributed by atoms with Gasteiger partial charge in [0, 0.05) is 10.2 Å². The first-order valence-corrected chi connectivity index (χ1v) is 8.59. The van der Waals surface area contributed by atoms with E-state index in [9.17, 15) is 5.11 Å². The number of aromatic nitrogens is 2. The van der Waals surface area contributed by atoms with Gasteiger partial charge in [-0.1, -0.05) is 34.1 Å². The minimum atomic E-state index is 0.0487. The Bertz CT molecular complexity index is 893. The Balaban J connectivity index is 1.88. The molecule has 1 heterocycles. The maximum Gasteiger partial charge on any atom is 0.289 e. The second kappa shape index (κ2) is 6.86. The smallest absolute Gasteiger partial charge is 0.289 e. The van der Waals surface area contributed by atoms with Crippen molar-refractivity contribution in [1.29, 1.82) is 0 Å². The number of rotatable bonds is 4. The Hall–Kier alpha value is -1.64. The molecule has 3 rings (SSSR count). The first-order chi connectivity index (χ1) is 11.0. The third kappa shape index (κ3) is 3.65. The second-order valence-corrected chi connectivity index (χ2v) is 6.78. The third-order valence-corrected chi connectivity index (χ3v) is 4.43. The van der Waals surface area contributed by atoms with E-state index in [2.05, 4.69) is 42.3 Å². The predicted octanol–water partition coefficient (Wildman–Crippen LogP) is 5.17. The Morgan fingerprint density at radius 1 is 1.22 bits per heavy atom. The molecule has 118 valence electrons. The summed E-state index contributed by atoms with van der Waals surface area (Å²) in [7, 11) is 0. The van der Waals surface area contributed by atoms with Crippen LogP contribution in [0.25, 0.3) is 11.5 Å². The number of para-hydroxylation sites is 1. The molecule has 0 spiro atoms. The lowest BCUT2D eigenvalue weighted by Crippen LogP contribution is -2.09. The number of hydrogen-bond acceptors (Lipinski definition) is 5. The van der Waals surface area contributed by atoms with Crippen LogP contribution in [0.15, 0.2) is 55.8 Å². The molecular formula is C15H11Br2N3O2S. The number of aromatic hydroxyl groups is 1. The summed E-state index contributed by atoms with van der Waals surface area (Å²) in [5, 5.41) is 17.7. The maximum atomic E-state index is 10.2. The lowest BCUT2D eigenvalue weighted by atomic mass is 10.2. The molecule has 0 atom stereocenters. The lowest BCUT2D eigenvalue weighted by Gasteiger charge is -2.05. The fraction of sp³-hybridized carbons (Fsp3) is 0.0667. The van der Waals surface area contributed by atoms with Gasteiger partial charge >= 0.3 is 0 Å². The van der Waals surface area contributed by atoms with Crippen molar-refractivity contribution < 1.29 is 9.52 Å². The molecule has 0 aliphatic heterocycles. The van der Waals surface area contributed by atoms with Gasteiger partial charge in [0.25, 0.3) is 10.7 Å². The van der Waals surface area contributed by atoms with Crippen molar-refractivity contribution in [2.75, 3.05) is 5.32 Å². The SMILES string of the molecule is Oc1c(Br)cc(Br)cc1-c1nn(CNc2ccccc2)c(=S)o1. The van der Waals surface area contributed by atoms with E-state index in [0.717, 1.165) is 10.2 Å². The molecule has 0 bridgehead atoms. The summed E-state index contributed by atoms with van der Waals surface area (Å²) in [5.74, 6) is 0.303. The van der Waals surface area contributed by atoms with Crippen LogP contribution in [-0.4, -0.2) is 14.9 Å². The molecule has 23 heavy (non-hydrogen) atoms. The van der Waals surface area contributed by atoms with Crippen molar-refractivity contribution in [2.45, 2.75) is 6.67 Å². The van der Waals surface area contributed by atoms with Crippen molar-refractivity contribution in [3.05, 3.63) is 56.2 Å². The normalized spacial score (nSPS) is 10.7. The van der Waals surface area contributed by atoms with Crippen LogP contribution in [0.5, 0.6) is 5.75 Å². The van der Waals surface area contributed by atoms with Gasteiger partial charge in [-0.3, -0.25) is 0 Å². The van der Waals surface area contributed by atoms with Crippen LogP contribution in [0.1, 0.15) is 0 Å². The van der Waals surface area contributed by atoms with Crippen molar-refractivity contribution >= 4 is 49.8 Å². The summed E-state index contributed by atoms with van der Waals surface area (Å²) in [5.41, 5.74) is 1.41. The van der Waals surface area contributed by atoms with Crippen LogP contribution in [0, 0.1) is 4.84 Å². The molecule has 0 amide bonds. The molecule has 0 fully saturated rings. The number of halogens is 2. The average molecular weight is 457 g/mol. The number of nitrogens with zero attached hydrogens (tertiary/aromatic N) is 2. The molecule has 1 aromatic heterocycles. The van der Waals surface area contributed by atoms with Gasteiger partial charge in [0.05, 0.1) is 10.0 Å². The highest BCUT2D eigenvalue weighted by atomic mass is 79.9. The van der Waals surface area contributed by atoms with E-state index in [1.165, 1.54) is 4.68 Å². The second-order valence-electron chi connectivity index (χ2n) is 4.66. The highest BCUT2D eigenvalue weighted by molar-refractivity contribution is 9.11. The highest BCUT2D eigenvalue weighted by Crippen LogP contribution is 2.37. The largest absolute Gasteiger partial charge is 0.506 e. The van der Waals surface area contributed by atoms with Crippen molar-refractivity contribution in [3.8, 4) is 17.2 Å². The van der Waals surface area contributed by atoms with E-state index in [0.29, 0.717) is 16.7 Å². The first-order valence-electron chi connectivity index (χ1n) is 6.60. The van der Waals surface area contributed by atoms with Crippen LogP contribution < -0.4 is 5.32 Å². The maximum absolute atomic E-state index is 10.2. The number of nitrogens with one attached hydrogen (secondary N) is 1. The van der Waals surface area contributed by atoms with Gasteiger partial charge in [-0.25, -0.2) is 4.68 Å². The molecule has 0 radical (unpaired) electrons. The monoisotopic (exact) mass is 455 g/mol. The number of hydrogen-bond donors (Lipinski definition) is 2. The fourth-order valence-corrected chi connectivity index (χ4v) is 3.38. The molecule has 2 N–H and O–H groups in total. The van der Waals surface area contributed by atoms with Crippen LogP contribution in [0.4, 0.5) is 5.69 Å². The highest BCUT2D eigenvalue weighted by Gasteiger charge is 2.15. The quantitative estimate of drug-likeness (QED) is 0.530. The summed E-state index contributed by atoms with van der Waals surface area (Å²) in [4.78, 5) is 0.221. The fourth-order valence-electron chi connectivity index (χ4n) is 1.97. The molecule has 0 aliphatic carbocycles. The summed E-state index contributed by atoms with van der Waals surface area (Å²) in [6.07, 6.45) is 0. The first kappa shape index (κ1) is 16.2. The van der Waals surface area contributed by atoms with Gasteiger partial charge in [0.15, 0.2) is 0 Å². The van der Waals surface area contributed by atoms with Crippen molar-refractivity contribution in [1.82, 2.24) is 9.78 Å². The van der Waals surface area contributed by atoms with Crippen LogP contribution in [0.2, 0.25) is 0 Å². The average Bonchev–Trinajstić information content (AvgIpc) is 2.91. The Morgan fingerprint density at radius 3 is 2.70 bits per heavy atom. The summed E-state index contributed by atoms with van der Waals surface area (Å²) in [6.45, 7) is 0.363. The zero-order valence-corrected chi connectivity index (χ0v) is 15.7.